The van der Waals surface area contributed by atoms with Gasteiger partial charge in [-0.15, -0.1) is 11.3 Å². The second-order valence-electron chi connectivity index (χ2n) is 10.2. The van der Waals surface area contributed by atoms with Gasteiger partial charge in [0, 0.05) is 42.5 Å². The number of thiophene rings is 1. The molecule has 1 aromatic heterocycles. The summed E-state index contributed by atoms with van der Waals surface area (Å²) in [6, 6.07) is 17.5. The molecular weight excluding hydrogens is 528 g/mol. The summed E-state index contributed by atoms with van der Waals surface area (Å²) in [5.41, 5.74) is 2.46. The van der Waals surface area contributed by atoms with Gasteiger partial charge in [-0.1, -0.05) is 36.4 Å². The molecule has 10 heteroatoms. The number of hydrogen-bond donors (Lipinski definition) is 3. The topological polar surface area (TPSA) is 119 Å². The lowest BCUT2D eigenvalue weighted by molar-refractivity contribution is -0.137. The van der Waals surface area contributed by atoms with E-state index >= 15 is 0 Å². The minimum Gasteiger partial charge on any atom is -0.481 e. The fraction of sp³-hybridized carbons (Fsp3) is 0.333. The van der Waals surface area contributed by atoms with Gasteiger partial charge in [-0.05, 0) is 48.1 Å². The molecule has 1 atom stereocenters. The van der Waals surface area contributed by atoms with Crippen molar-refractivity contribution in [3.8, 4) is 0 Å². The molecule has 1 aliphatic carbocycles. The summed E-state index contributed by atoms with van der Waals surface area (Å²) >= 11 is 1.38. The van der Waals surface area contributed by atoms with Gasteiger partial charge in [-0.3, -0.25) is 19.2 Å². The van der Waals surface area contributed by atoms with Crippen LogP contribution in [-0.2, 0) is 20.8 Å². The van der Waals surface area contributed by atoms with Gasteiger partial charge in [0.25, 0.3) is 5.91 Å². The van der Waals surface area contributed by atoms with Crippen LogP contribution in [0.4, 0.5) is 11.4 Å². The van der Waals surface area contributed by atoms with Gasteiger partial charge >= 0.3 is 5.97 Å². The molecule has 0 bridgehead atoms. The van der Waals surface area contributed by atoms with Crippen LogP contribution in [0.15, 0.2) is 66.0 Å². The fourth-order valence-corrected chi connectivity index (χ4v) is 5.69. The molecule has 0 spiro atoms. The molecule has 2 aliphatic rings. The largest absolute Gasteiger partial charge is 0.481 e. The summed E-state index contributed by atoms with van der Waals surface area (Å²) in [6.07, 6.45) is 1.88. The minimum atomic E-state index is -1.01. The molecule has 2 aromatic carbocycles. The Kier molecular flexibility index (Phi) is 8.45. The van der Waals surface area contributed by atoms with E-state index in [4.69, 9.17) is 0 Å². The average molecular weight is 561 g/mol. The number of carbonyl (C=O) groups excluding carboxylic acids is 3. The number of aliphatic carboxylic acids is 1. The smallest absolute Gasteiger partial charge is 0.305 e. The quantitative estimate of drug-likeness (QED) is 0.346. The number of rotatable bonds is 10. The Labute approximate surface area is 236 Å². The van der Waals surface area contributed by atoms with Gasteiger partial charge < -0.3 is 25.5 Å². The Morgan fingerprint density at radius 2 is 1.70 bits per heavy atom. The Morgan fingerprint density at radius 1 is 0.950 bits per heavy atom. The van der Waals surface area contributed by atoms with Crippen molar-refractivity contribution in [3.63, 3.8) is 0 Å². The van der Waals surface area contributed by atoms with Gasteiger partial charge in [-0.2, -0.15) is 0 Å². The third kappa shape index (κ3) is 6.87. The SMILES string of the molecule is O=C(O)CC(NC(=O)c1ccc(N2CCN(C(=O)C3CC3)CC2)c(NC(=O)Cc2ccccc2)c1)c1cccs1. The van der Waals surface area contributed by atoms with Gasteiger partial charge in [0.15, 0.2) is 0 Å². The monoisotopic (exact) mass is 560 g/mol. The summed E-state index contributed by atoms with van der Waals surface area (Å²) in [4.78, 5) is 55.1. The molecule has 3 aromatic rings. The summed E-state index contributed by atoms with van der Waals surface area (Å²) in [5, 5.41) is 17.0. The van der Waals surface area contributed by atoms with E-state index in [0.29, 0.717) is 37.4 Å². The summed E-state index contributed by atoms with van der Waals surface area (Å²) in [6.45, 7) is 2.44. The molecule has 3 amide bonds. The first-order valence-electron chi connectivity index (χ1n) is 13.4. The lowest BCUT2D eigenvalue weighted by Crippen LogP contribution is -2.49. The van der Waals surface area contributed by atoms with Crippen LogP contribution >= 0.6 is 11.3 Å². The molecule has 1 saturated carbocycles. The highest BCUT2D eigenvalue weighted by atomic mass is 32.1. The molecule has 1 aliphatic heterocycles. The zero-order valence-corrected chi connectivity index (χ0v) is 22.9. The van der Waals surface area contributed by atoms with Crippen molar-refractivity contribution in [2.45, 2.75) is 31.7 Å². The Bertz CT molecular complexity index is 1370. The number of anilines is 2. The van der Waals surface area contributed by atoms with Gasteiger partial charge in [0.1, 0.15) is 0 Å². The number of carboxylic acids is 1. The van der Waals surface area contributed by atoms with E-state index in [-0.39, 0.29) is 30.6 Å². The summed E-state index contributed by atoms with van der Waals surface area (Å²) < 4.78 is 0. The normalized spacial score (nSPS) is 15.8. The van der Waals surface area contributed by atoms with Crippen molar-refractivity contribution in [2.24, 2.45) is 5.92 Å². The van der Waals surface area contributed by atoms with Crippen LogP contribution in [0.1, 0.15) is 46.1 Å². The zero-order chi connectivity index (χ0) is 28.1. The molecule has 3 N–H and O–H groups in total. The van der Waals surface area contributed by atoms with E-state index in [1.807, 2.05) is 52.7 Å². The number of carboxylic acid groups (broad SMARTS) is 1. The molecular formula is C30H32N4O5S. The van der Waals surface area contributed by atoms with Crippen LogP contribution in [0.3, 0.4) is 0 Å². The van der Waals surface area contributed by atoms with E-state index in [1.165, 1.54) is 11.3 Å². The lowest BCUT2D eigenvalue weighted by atomic mass is 10.1. The highest BCUT2D eigenvalue weighted by Crippen LogP contribution is 2.33. The Hall–Kier alpha value is -4.18. The number of nitrogens with one attached hydrogen (secondary N) is 2. The number of benzene rings is 2. The highest BCUT2D eigenvalue weighted by Gasteiger charge is 2.35. The maximum absolute atomic E-state index is 13.3. The summed E-state index contributed by atoms with van der Waals surface area (Å²) in [5.74, 6) is -1.25. The van der Waals surface area contributed by atoms with Crippen molar-refractivity contribution >= 4 is 46.4 Å². The van der Waals surface area contributed by atoms with Crippen molar-refractivity contribution < 1.29 is 24.3 Å². The van der Waals surface area contributed by atoms with Gasteiger partial charge in [-0.25, -0.2) is 0 Å². The molecule has 5 rings (SSSR count). The predicted octanol–water partition coefficient (Wildman–Crippen LogP) is 3.93. The van der Waals surface area contributed by atoms with Crippen molar-refractivity contribution in [2.75, 3.05) is 36.4 Å². The first kappa shape index (κ1) is 27.4. The second-order valence-corrected chi connectivity index (χ2v) is 11.1. The maximum Gasteiger partial charge on any atom is 0.305 e. The van der Waals surface area contributed by atoms with Crippen LogP contribution in [0.25, 0.3) is 0 Å². The standard InChI is InChI=1S/C30H32N4O5S/c35-27(17-20-5-2-1-3-6-20)31-23-18-22(29(38)32-24(19-28(36)37)26-7-4-16-40-26)10-11-25(23)33-12-14-34(15-13-33)30(39)21-8-9-21/h1-7,10-11,16,18,21,24H,8-9,12-15,17,19H2,(H,31,35)(H,32,38)(H,36,37). The van der Waals surface area contributed by atoms with E-state index in [9.17, 15) is 24.3 Å². The molecule has 208 valence electrons. The van der Waals surface area contributed by atoms with Crippen LogP contribution in [0.5, 0.6) is 0 Å². The van der Waals surface area contributed by atoms with E-state index in [0.717, 1.165) is 29.0 Å². The third-order valence-corrected chi connectivity index (χ3v) is 8.16. The average Bonchev–Trinajstić information content (AvgIpc) is 3.66. The first-order chi connectivity index (χ1) is 19.4. The van der Waals surface area contributed by atoms with Crippen LogP contribution in [0, 0.1) is 5.92 Å². The van der Waals surface area contributed by atoms with Gasteiger partial charge in [0.2, 0.25) is 11.8 Å². The number of carbonyl (C=O) groups is 4. The Morgan fingerprint density at radius 3 is 2.35 bits per heavy atom. The highest BCUT2D eigenvalue weighted by molar-refractivity contribution is 7.10. The number of amides is 3. The number of nitrogens with zero attached hydrogens (tertiary/aromatic N) is 2. The molecule has 1 unspecified atom stereocenters. The molecule has 2 fully saturated rings. The Balaban J connectivity index is 1.35. The van der Waals surface area contributed by atoms with Crippen molar-refractivity contribution in [1.29, 1.82) is 0 Å². The molecule has 1 saturated heterocycles. The molecule has 2 heterocycles. The van der Waals surface area contributed by atoms with E-state index < -0.39 is 17.9 Å². The van der Waals surface area contributed by atoms with Crippen LogP contribution in [0.2, 0.25) is 0 Å². The predicted molar refractivity (Wildman–Crippen MR) is 154 cm³/mol. The lowest BCUT2D eigenvalue weighted by Gasteiger charge is -2.37. The molecule has 0 radical (unpaired) electrons. The molecule has 9 nitrogen and oxygen atoms in total. The number of piperazine rings is 1. The zero-order valence-electron chi connectivity index (χ0n) is 22.0. The van der Waals surface area contributed by atoms with E-state index in [2.05, 4.69) is 15.5 Å². The second kappa shape index (κ2) is 12.3. The van der Waals surface area contributed by atoms with E-state index in [1.54, 1.807) is 18.2 Å². The fourth-order valence-electron chi connectivity index (χ4n) is 4.91. The van der Waals surface area contributed by atoms with Crippen molar-refractivity contribution in [3.05, 3.63) is 82.0 Å². The molecule has 40 heavy (non-hydrogen) atoms. The van der Waals surface area contributed by atoms with Gasteiger partial charge in [0.05, 0.1) is 30.3 Å². The summed E-state index contributed by atoms with van der Waals surface area (Å²) in [7, 11) is 0. The van der Waals surface area contributed by atoms with Crippen molar-refractivity contribution in [1.82, 2.24) is 10.2 Å². The first-order valence-corrected chi connectivity index (χ1v) is 14.3. The maximum atomic E-state index is 13.3. The van der Waals surface area contributed by atoms with Crippen LogP contribution < -0.4 is 15.5 Å². The minimum absolute atomic E-state index is 0.177. The number of hydrogen-bond acceptors (Lipinski definition) is 6. The van der Waals surface area contributed by atoms with Crippen LogP contribution in [-0.4, -0.2) is 59.9 Å². The third-order valence-electron chi connectivity index (χ3n) is 7.17.